The number of terminal acetylenes is 1. The van der Waals surface area contributed by atoms with Crippen LogP contribution in [0.2, 0.25) is 0 Å². The van der Waals surface area contributed by atoms with E-state index in [9.17, 15) is 4.79 Å². The Balaban J connectivity index is 2.32. The topological polar surface area (TPSA) is 55.1 Å². The van der Waals surface area contributed by atoms with Gasteiger partial charge in [0, 0.05) is 10.4 Å². The molecule has 2 rings (SSSR count). The summed E-state index contributed by atoms with van der Waals surface area (Å²) >= 11 is 1.43. The smallest absolute Gasteiger partial charge is 0.262 e. The molecule has 1 amide bonds. The Labute approximate surface area is 110 Å². The van der Waals surface area contributed by atoms with E-state index in [4.69, 9.17) is 12.2 Å². The lowest BCUT2D eigenvalue weighted by Crippen LogP contribution is -2.41. The summed E-state index contributed by atoms with van der Waals surface area (Å²) in [7, 11) is 0. The van der Waals surface area contributed by atoms with Gasteiger partial charge < -0.3 is 11.1 Å². The summed E-state index contributed by atoms with van der Waals surface area (Å²) in [5.41, 5.74) is 5.75. The van der Waals surface area contributed by atoms with E-state index < -0.39 is 5.54 Å². The molecule has 0 aliphatic rings. The number of nitrogens with one attached hydrogen (secondary N) is 1. The van der Waals surface area contributed by atoms with Gasteiger partial charge in [-0.05, 0) is 43.5 Å². The molecule has 18 heavy (non-hydrogen) atoms. The van der Waals surface area contributed by atoms with Gasteiger partial charge in [-0.3, -0.25) is 4.79 Å². The molecular weight excluding hydrogens is 244 g/mol. The quantitative estimate of drug-likeness (QED) is 0.642. The van der Waals surface area contributed by atoms with E-state index in [0.717, 1.165) is 10.1 Å². The minimum Gasteiger partial charge on any atom is -0.399 e. The lowest BCUT2D eigenvalue weighted by atomic mass is 10.1. The molecule has 0 fully saturated rings. The van der Waals surface area contributed by atoms with Gasteiger partial charge in [0.1, 0.15) is 0 Å². The van der Waals surface area contributed by atoms with Gasteiger partial charge in [-0.25, -0.2) is 0 Å². The normalized spacial score (nSPS) is 11.2. The van der Waals surface area contributed by atoms with Crippen LogP contribution in [0.4, 0.5) is 5.69 Å². The van der Waals surface area contributed by atoms with Crippen molar-refractivity contribution in [2.24, 2.45) is 0 Å². The molecule has 2 aromatic rings. The van der Waals surface area contributed by atoms with E-state index in [0.29, 0.717) is 10.6 Å². The largest absolute Gasteiger partial charge is 0.399 e. The molecule has 0 unspecified atom stereocenters. The minimum absolute atomic E-state index is 0.155. The second-order valence-corrected chi connectivity index (χ2v) is 5.72. The van der Waals surface area contributed by atoms with Gasteiger partial charge in [0.15, 0.2) is 0 Å². The fraction of sp³-hybridized carbons (Fsp3) is 0.214. The number of amides is 1. The van der Waals surface area contributed by atoms with Crippen LogP contribution in [0, 0.1) is 12.3 Å². The third kappa shape index (κ3) is 2.47. The maximum Gasteiger partial charge on any atom is 0.262 e. The Morgan fingerprint density at radius 1 is 1.44 bits per heavy atom. The Hall–Kier alpha value is -1.99. The highest BCUT2D eigenvalue weighted by Crippen LogP contribution is 2.27. The summed E-state index contributed by atoms with van der Waals surface area (Å²) in [5.74, 6) is 2.38. The zero-order valence-electron chi connectivity index (χ0n) is 10.3. The van der Waals surface area contributed by atoms with E-state index >= 15 is 0 Å². The molecule has 0 bridgehead atoms. The van der Waals surface area contributed by atoms with Crippen LogP contribution in [0.5, 0.6) is 0 Å². The maximum absolute atomic E-state index is 12.0. The van der Waals surface area contributed by atoms with Gasteiger partial charge in [0.2, 0.25) is 0 Å². The lowest BCUT2D eigenvalue weighted by Gasteiger charge is -2.18. The molecule has 1 aromatic heterocycles. The highest BCUT2D eigenvalue weighted by atomic mass is 32.1. The Morgan fingerprint density at radius 2 is 2.17 bits per heavy atom. The maximum atomic E-state index is 12.0. The summed E-state index contributed by atoms with van der Waals surface area (Å²) < 4.78 is 1.04. The van der Waals surface area contributed by atoms with Gasteiger partial charge >= 0.3 is 0 Å². The summed E-state index contributed by atoms with van der Waals surface area (Å²) in [6.45, 7) is 3.58. The molecule has 0 spiro atoms. The van der Waals surface area contributed by atoms with Crippen LogP contribution in [-0.2, 0) is 0 Å². The van der Waals surface area contributed by atoms with E-state index in [1.54, 1.807) is 13.8 Å². The van der Waals surface area contributed by atoms with E-state index in [1.807, 2.05) is 24.3 Å². The highest BCUT2D eigenvalue weighted by Gasteiger charge is 2.19. The first-order valence-corrected chi connectivity index (χ1v) is 6.32. The van der Waals surface area contributed by atoms with Crippen molar-refractivity contribution in [3.8, 4) is 12.3 Å². The number of nitrogen functional groups attached to an aromatic ring is 1. The lowest BCUT2D eigenvalue weighted by molar-refractivity contribution is 0.0934. The molecule has 4 heteroatoms. The van der Waals surface area contributed by atoms with Crippen LogP contribution in [0.3, 0.4) is 0 Å². The fourth-order valence-electron chi connectivity index (χ4n) is 1.56. The number of carbonyl (C=O) groups excluding carboxylic acids is 1. The monoisotopic (exact) mass is 258 g/mol. The number of fused-ring (bicyclic) bond motifs is 1. The predicted octanol–water partition coefficient (Wildman–Crippen LogP) is 2.63. The summed E-state index contributed by atoms with van der Waals surface area (Å²) in [6, 6.07) is 7.43. The average Bonchev–Trinajstić information content (AvgIpc) is 2.71. The highest BCUT2D eigenvalue weighted by molar-refractivity contribution is 7.20. The molecule has 92 valence electrons. The molecule has 0 aliphatic heterocycles. The second kappa shape index (κ2) is 4.35. The van der Waals surface area contributed by atoms with Crippen LogP contribution in [0.15, 0.2) is 24.3 Å². The third-order valence-electron chi connectivity index (χ3n) is 2.55. The van der Waals surface area contributed by atoms with Crippen LogP contribution >= 0.6 is 11.3 Å². The third-order valence-corrected chi connectivity index (χ3v) is 3.67. The summed E-state index contributed by atoms with van der Waals surface area (Å²) in [5, 5.41) is 3.78. The molecule has 0 saturated heterocycles. The first-order chi connectivity index (χ1) is 8.41. The number of thiophene rings is 1. The molecule has 0 radical (unpaired) electrons. The zero-order valence-corrected chi connectivity index (χ0v) is 11.1. The Bertz CT molecular complexity index is 649. The van der Waals surface area contributed by atoms with E-state index in [-0.39, 0.29) is 5.91 Å². The van der Waals surface area contributed by atoms with Gasteiger partial charge in [-0.1, -0.05) is 5.92 Å². The molecule has 3 N–H and O–H groups in total. The predicted molar refractivity (Wildman–Crippen MR) is 76.6 cm³/mol. The van der Waals surface area contributed by atoms with Crippen molar-refractivity contribution in [1.82, 2.24) is 5.32 Å². The zero-order chi connectivity index (χ0) is 13.3. The number of rotatable bonds is 2. The molecule has 0 saturated carbocycles. The molecule has 1 heterocycles. The molecule has 3 nitrogen and oxygen atoms in total. The van der Waals surface area contributed by atoms with Crippen molar-refractivity contribution in [2.45, 2.75) is 19.4 Å². The molecular formula is C14H14N2OS. The van der Waals surface area contributed by atoms with E-state index in [1.165, 1.54) is 11.3 Å². The summed E-state index contributed by atoms with van der Waals surface area (Å²) in [4.78, 5) is 12.7. The van der Waals surface area contributed by atoms with Crippen molar-refractivity contribution in [3.05, 3.63) is 29.1 Å². The molecule has 0 atom stereocenters. The number of hydrogen-bond acceptors (Lipinski definition) is 3. The SMILES string of the molecule is C#CC(C)(C)NC(=O)c1cc2cc(N)ccc2s1. The summed E-state index contributed by atoms with van der Waals surface area (Å²) in [6.07, 6.45) is 5.35. The van der Waals surface area contributed by atoms with Crippen LogP contribution < -0.4 is 11.1 Å². The first kappa shape index (κ1) is 12.5. The van der Waals surface area contributed by atoms with Crippen molar-refractivity contribution >= 4 is 33.0 Å². The fourth-order valence-corrected chi connectivity index (χ4v) is 2.49. The Kier molecular flexibility index (Phi) is 3.02. The number of carbonyl (C=O) groups is 1. The number of anilines is 1. The Morgan fingerprint density at radius 3 is 2.83 bits per heavy atom. The van der Waals surface area contributed by atoms with Crippen LogP contribution in [0.1, 0.15) is 23.5 Å². The molecule has 1 aromatic carbocycles. The van der Waals surface area contributed by atoms with Gasteiger partial charge in [0.05, 0.1) is 10.4 Å². The van der Waals surface area contributed by atoms with Crippen molar-refractivity contribution in [3.63, 3.8) is 0 Å². The first-order valence-electron chi connectivity index (χ1n) is 5.51. The molecule has 0 aliphatic carbocycles. The average molecular weight is 258 g/mol. The number of hydrogen-bond donors (Lipinski definition) is 2. The van der Waals surface area contributed by atoms with Crippen molar-refractivity contribution in [1.29, 1.82) is 0 Å². The standard InChI is InChI=1S/C14H14N2OS/c1-4-14(2,3)16-13(17)12-8-9-7-10(15)5-6-11(9)18-12/h1,5-8H,15H2,2-3H3,(H,16,17). The second-order valence-electron chi connectivity index (χ2n) is 4.63. The minimum atomic E-state index is -0.647. The number of benzene rings is 1. The van der Waals surface area contributed by atoms with E-state index in [2.05, 4.69) is 11.2 Å². The van der Waals surface area contributed by atoms with Gasteiger partial charge in [-0.2, -0.15) is 0 Å². The van der Waals surface area contributed by atoms with Crippen molar-refractivity contribution in [2.75, 3.05) is 5.73 Å². The van der Waals surface area contributed by atoms with Gasteiger partial charge in [0.25, 0.3) is 5.91 Å². The number of nitrogens with two attached hydrogens (primary N) is 1. The van der Waals surface area contributed by atoms with Crippen LogP contribution in [0.25, 0.3) is 10.1 Å². The van der Waals surface area contributed by atoms with Crippen molar-refractivity contribution < 1.29 is 4.79 Å². The van der Waals surface area contributed by atoms with Crippen LogP contribution in [-0.4, -0.2) is 11.4 Å². The van der Waals surface area contributed by atoms with Gasteiger partial charge in [-0.15, -0.1) is 17.8 Å².